The predicted octanol–water partition coefficient (Wildman–Crippen LogP) is 2.93. The fourth-order valence-corrected chi connectivity index (χ4v) is 2.85. The molecule has 1 aromatic carbocycles. The first kappa shape index (κ1) is 14.3. The number of aryl methyl sites for hydroxylation is 1. The molecule has 2 aromatic rings. The maximum Gasteiger partial charge on any atom is 0.356 e. The first-order valence-corrected chi connectivity index (χ1v) is 7.89. The number of hydrogen-bond donors (Lipinski definition) is 1. The van der Waals surface area contributed by atoms with Crippen molar-refractivity contribution >= 4 is 29.3 Å². The SMILES string of the molecule is Cn1nc(C(=O)O)cc1-c1ccc(OC2CSC2)c(Cl)c1. The Bertz CT molecular complexity index is 698. The Morgan fingerprint density at radius 3 is 2.76 bits per heavy atom. The van der Waals surface area contributed by atoms with E-state index in [1.54, 1.807) is 13.1 Å². The standard InChI is InChI=1S/C14H13ClN2O3S/c1-17-12(5-11(16-17)14(18)19)8-2-3-13(10(15)4-8)20-9-6-21-7-9/h2-5,9H,6-7H2,1H3,(H,18,19). The molecule has 3 rings (SSSR count). The van der Waals surface area contributed by atoms with E-state index in [0.717, 1.165) is 17.1 Å². The molecule has 1 saturated heterocycles. The molecule has 1 aliphatic rings. The minimum absolute atomic E-state index is 0.00967. The van der Waals surface area contributed by atoms with Crippen LogP contribution in [-0.2, 0) is 7.05 Å². The van der Waals surface area contributed by atoms with Gasteiger partial charge in [0.15, 0.2) is 5.69 Å². The topological polar surface area (TPSA) is 64.4 Å². The summed E-state index contributed by atoms with van der Waals surface area (Å²) < 4.78 is 7.30. The van der Waals surface area contributed by atoms with Gasteiger partial charge in [-0.2, -0.15) is 16.9 Å². The van der Waals surface area contributed by atoms with Crippen LogP contribution in [0.3, 0.4) is 0 Å². The van der Waals surface area contributed by atoms with E-state index in [0.29, 0.717) is 16.5 Å². The summed E-state index contributed by atoms with van der Waals surface area (Å²) in [6.45, 7) is 0. The first-order valence-electron chi connectivity index (χ1n) is 6.36. The van der Waals surface area contributed by atoms with Crippen molar-refractivity contribution < 1.29 is 14.6 Å². The number of hydrogen-bond acceptors (Lipinski definition) is 4. The number of aromatic nitrogens is 2. The number of carbonyl (C=O) groups is 1. The summed E-state index contributed by atoms with van der Waals surface area (Å²) in [4.78, 5) is 11.0. The molecule has 0 amide bonds. The van der Waals surface area contributed by atoms with Gasteiger partial charge in [0, 0.05) is 24.1 Å². The van der Waals surface area contributed by atoms with Gasteiger partial charge in [0.2, 0.25) is 0 Å². The molecule has 1 N–H and O–H groups in total. The Balaban J connectivity index is 1.88. The van der Waals surface area contributed by atoms with Crippen LogP contribution in [0.25, 0.3) is 11.3 Å². The number of thioether (sulfide) groups is 1. The highest BCUT2D eigenvalue weighted by Gasteiger charge is 2.21. The summed E-state index contributed by atoms with van der Waals surface area (Å²) in [7, 11) is 1.70. The highest BCUT2D eigenvalue weighted by Crippen LogP contribution is 2.33. The largest absolute Gasteiger partial charge is 0.487 e. The summed E-state index contributed by atoms with van der Waals surface area (Å²) in [6, 6.07) is 6.96. The summed E-state index contributed by atoms with van der Waals surface area (Å²) in [5.74, 6) is 1.58. The second kappa shape index (κ2) is 5.61. The Morgan fingerprint density at radius 2 is 2.24 bits per heavy atom. The van der Waals surface area contributed by atoms with Crippen LogP contribution in [0.2, 0.25) is 5.02 Å². The molecule has 2 heterocycles. The van der Waals surface area contributed by atoms with E-state index >= 15 is 0 Å². The van der Waals surface area contributed by atoms with Gasteiger partial charge in [0.05, 0.1) is 10.7 Å². The van der Waals surface area contributed by atoms with Crippen molar-refractivity contribution in [1.29, 1.82) is 0 Å². The number of aromatic carboxylic acids is 1. The van der Waals surface area contributed by atoms with Crippen molar-refractivity contribution in [2.75, 3.05) is 11.5 Å². The molecule has 0 unspecified atom stereocenters. The summed E-state index contributed by atoms with van der Waals surface area (Å²) in [6.07, 6.45) is 0.230. The molecule has 0 saturated carbocycles. The molecule has 7 heteroatoms. The van der Waals surface area contributed by atoms with Crippen LogP contribution in [0.4, 0.5) is 0 Å². The van der Waals surface area contributed by atoms with Crippen molar-refractivity contribution in [2.45, 2.75) is 6.10 Å². The number of benzene rings is 1. The fourth-order valence-electron chi connectivity index (χ4n) is 2.06. The van der Waals surface area contributed by atoms with Crippen LogP contribution < -0.4 is 4.74 Å². The zero-order chi connectivity index (χ0) is 15.0. The fraction of sp³-hybridized carbons (Fsp3) is 0.286. The van der Waals surface area contributed by atoms with Crippen LogP contribution in [0.15, 0.2) is 24.3 Å². The molecule has 21 heavy (non-hydrogen) atoms. The number of nitrogens with zero attached hydrogens (tertiary/aromatic N) is 2. The highest BCUT2D eigenvalue weighted by molar-refractivity contribution is 8.00. The maximum absolute atomic E-state index is 11.0. The lowest BCUT2D eigenvalue weighted by molar-refractivity contribution is 0.0689. The molecule has 0 atom stereocenters. The summed E-state index contributed by atoms with van der Waals surface area (Å²) >= 11 is 8.09. The van der Waals surface area contributed by atoms with Gasteiger partial charge in [-0.25, -0.2) is 4.79 Å². The maximum atomic E-state index is 11.0. The zero-order valence-electron chi connectivity index (χ0n) is 11.2. The summed E-state index contributed by atoms with van der Waals surface area (Å²) in [5.41, 5.74) is 1.51. The Morgan fingerprint density at radius 1 is 1.48 bits per heavy atom. The highest BCUT2D eigenvalue weighted by atomic mass is 35.5. The van der Waals surface area contributed by atoms with E-state index in [2.05, 4.69) is 5.10 Å². The number of halogens is 1. The molecular formula is C14H13ClN2O3S. The Kier molecular flexibility index (Phi) is 3.82. The Hall–Kier alpha value is -1.66. The van der Waals surface area contributed by atoms with Crippen molar-refractivity contribution in [3.63, 3.8) is 0 Å². The Labute approximate surface area is 130 Å². The van der Waals surface area contributed by atoms with Crippen LogP contribution in [-0.4, -0.2) is 38.5 Å². The zero-order valence-corrected chi connectivity index (χ0v) is 12.8. The monoisotopic (exact) mass is 324 g/mol. The molecule has 110 valence electrons. The van der Waals surface area contributed by atoms with Gasteiger partial charge in [-0.3, -0.25) is 4.68 Å². The van der Waals surface area contributed by atoms with E-state index in [9.17, 15) is 4.79 Å². The predicted molar refractivity (Wildman–Crippen MR) is 82.4 cm³/mol. The molecule has 5 nitrogen and oxygen atoms in total. The molecule has 0 bridgehead atoms. The third-order valence-electron chi connectivity index (χ3n) is 3.23. The quantitative estimate of drug-likeness (QED) is 0.936. The lowest BCUT2D eigenvalue weighted by atomic mass is 10.1. The number of rotatable bonds is 4. The second-order valence-electron chi connectivity index (χ2n) is 4.77. The first-order chi connectivity index (χ1) is 10.0. The normalized spacial score (nSPS) is 14.8. The van der Waals surface area contributed by atoms with E-state index < -0.39 is 5.97 Å². The lowest BCUT2D eigenvalue weighted by Gasteiger charge is -2.26. The van der Waals surface area contributed by atoms with Gasteiger partial charge in [0.25, 0.3) is 0 Å². The van der Waals surface area contributed by atoms with Crippen LogP contribution in [0.1, 0.15) is 10.5 Å². The number of carboxylic acid groups (broad SMARTS) is 1. The second-order valence-corrected chi connectivity index (χ2v) is 6.25. The van der Waals surface area contributed by atoms with E-state index in [-0.39, 0.29) is 11.8 Å². The molecule has 1 aliphatic heterocycles. The minimum atomic E-state index is -1.05. The number of carboxylic acids is 1. The van der Waals surface area contributed by atoms with Crippen molar-refractivity contribution in [1.82, 2.24) is 9.78 Å². The lowest BCUT2D eigenvalue weighted by Crippen LogP contribution is -2.31. The third-order valence-corrected chi connectivity index (χ3v) is 4.74. The van der Waals surface area contributed by atoms with Gasteiger partial charge in [-0.05, 0) is 24.3 Å². The average molecular weight is 325 g/mol. The van der Waals surface area contributed by atoms with Crippen molar-refractivity contribution in [3.8, 4) is 17.0 Å². The van der Waals surface area contributed by atoms with Gasteiger partial charge in [-0.15, -0.1) is 0 Å². The molecule has 0 radical (unpaired) electrons. The molecule has 1 aromatic heterocycles. The minimum Gasteiger partial charge on any atom is -0.487 e. The number of ether oxygens (including phenoxy) is 1. The molecule has 0 spiro atoms. The van der Waals surface area contributed by atoms with Crippen LogP contribution in [0.5, 0.6) is 5.75 Å². The molecular weight excluding hydrogens is 312 g/mol. The van der Waals surface area contributed by atoms with E-state index in [4.69, 9.17) is 21.4 Å². The average Bonchev–Trinajstić information content (AvgIpc) is 2.77. The smallest absolute Gasteiger partial charge is 0.356 e. The van der Waals surface area contributed by atoms with E-state index in [1.165, 1.54) is 10.7 Å². The van der Waals surface area contributed by atoms with Crippen LogP contribution >= 0.6 is 23.4 Å². The van der Waals surface area contributed by atoms with E-state index in [1.807, 2.05) is 23.9 Å². The van der Waals surface area contributed by atoms with Gasteiger partial charge in [-0.1, -0.05) is 11.6 Å². The third kappa shape index (κ3) is 2.87. The summed E-state index contributed by atoms with van der Waals surface area (Å²) in [5, 5.41) is 13.4. The van der Waals surface area contributed by atoms with Crippen LogP contribution in [0, 0.1) is 0 Å². The van der Waals surface area contributed by atoms with Gasteiger partial charge in [0.1, 0.15) is 11.9 Å². The molecule has 0 aliphatic carbocycles. The van der Waals surface area contributed by atoms with Gasteiger partial charge < -0.3 is 9.84 Å². The van der Waals surface area contributed by atoms with Gasteiger partial charge >= 0.3 is 5.97 Å². The molecule has 1 fully saturated rings. The van der Waals surface area contributed by atoms with Crippen molar-refractivity contribution in [3.05, 3.63) is 35.0 Å². The van der Waals surface area contributed by atoms with Crippen molar-refractivity contribution in [2.24, 2.45) is 7.05 Å².